The molecule has 0 radical (unpaired) electrons. The van der Waals surface area contributed by atoms with Gasteiger partial charge in [-0.3, -0.25) is 4.79 Å². The standard InChI is InChI=1S/C20H17Cl2F3O4/c1-3-29-18(27)16-5-4-12(6-11(16)2)17(26)10-19(28,20(23,24)25)13-7-14(21)9-15(22)8-13/h4-9,28H,3,10H2,1-2H3. The summed E-state index contributed by atoms with van der Waals surface area (Å²) in [4.78, 5) is 24.4. The Kier molecular flexibility index (Phi) is 6.98. The summed E-state index contributed by atoms with van der Waals surface area (Å²) in [6.45, 7) is 3.31. The molecule has 0 fully saturated rings. The molecule has 0 aliphatic rings. The highest BCUT2D eigenvalue weighted by atomic mass is 35.5. The molecule has 9 heteroatoms. The van der Waals surface area contributed by atoms with Crippen LogP contribution in [-0.4, -0.2) is 29.6 Å². The Morgan fingerprint density at radius 3 is 2.14 bits per heavy atom. The Balaban J connectivity index is 2.41. The SMILES string of the molecule is CCOC(=O)c1ccc(C(=O)CC(O)(c2cc(Cl)cc(Cl)c2)C(F)(F)F)cc1C. The van der Waals surface area contributed by atoms with Gasteiger partial charge in [-0.25, -0.2) is 4.79 Å². The predicted molar refractivity (Wildman–Crippen MR) is 102 cm³/mol. The van der Waals surface area contributed by atoms with Crippen molar-refractivity contribution in [2.45, 2.75) is 32.0 Å². The zero-order chi connectivity index (χ0) is 22.0. The molecule has 0 saturated heterocycles. The number of rotatable bonds is 6. The van der Waals surface area contributed by atoms with Crippen LogP contribution in [0.3, 0.4) is 0 Å². The van der Waals surface area contributed by atoms with Crippen LogP contribution in [0.4, 0.5) is 13.2 Å². The zero-order valence-electron chi connectivity index (χ0n) is 15.4. The van der Waals surface area contributed by atoms with E-state index in [0.717, 1.165) is 12.1 Å². The predicted octanol–water partition coefficient (Wildman–Crippen LogP) is 5.50. The van der Waals surface area contributed by atoms with Crippen molar-refractivity contribution in [2.24, 2.45) is 0 Å². The number of hydrogen-bond acceptors (Lipinski definition) is 4. The molecule has 1 atom stereocenters. The molecule has 29 heavy (non-hydrogen) atoms. The molecule has 2 aromatic rings. The first-order valence-electron chi connectivity index (χ1n) is 8.45. The Morgan fingerprint density at radius 2 is 1.66 bits per heavy atom. The van der Waals surface area contributed by atoms with Gasteiger partial charge in [-0.1, -0.05) is 29.3 Å². The fourth-order valence-electron chi connectivity index (χ4n) is 2.77. The van der Waals surface area contributed by atoms with Crippen LogP contribution in [-0.2, 0) is 10.3 Å². The summed E-state index contributed by atoms with van der Waals surface area (Å²) in [6, 6.07) is 6.80. The largest absolute Gasteiger partial charge is 0.462 e. The lowest BCUT2D eigenvalue weighted by atomic mass is 9.86. The van der Waals surface area contributed by atoms with E-state index < -0.39 is 35.5 Å². The number of hydrogen-bond donors (Lipinski definition) is 1. The molecule has 0 amide bonds. The van der Waals surface area contributed by atoms with Gasteiger partial charge in [0.1, 0.15) is 0 Å². The van der Waals surface area contributed by atoms with Gasteiger partial charge >= 0.3 is 12.1 Å². The van der Waals surface area contributed by atoms with Gasteiger partial charge in [-0.15, -0.1) is 0 Å². The number of benzene rings is 2. The monoisotopic (exact) mass is 448 g/mol. The highest BCUT2D eigenvalue weighted by Crippen LogP contribution is 2.43. The summed E-state index contributed by atoms with van der Waals surface area (Å²) in [6.07, 6.45) is -6.46. The van der Waals surface area contributed by atoms with Crippen molar-refractivity contribution >= 4 is 35.0 Å². The van der Waals surface area contributed by atoms with Crippen LogP contribution in [0.15, 0.2) is 36.4 Å². The zero-order valence-corrected chi connectivity index (χ0v) is 17.0. The quantitative estimate of drug-likeness (QED) is 0.467. The first-order valence-corrected chi connectivity index (χ1v) is 9.21. The molecule has 0 saturated carbocycles. The maximum atomic E-state index is 13.7. The van der Waals surface area contributed by atoms with E-state index in [2.05, 4.69) is 0 Å². The van der Waals surface area contributed by atoms with Gasteiger partial charge in [0.25, 0.3) is 0 Å². The van der Waals surface area contributed by atoms with Crippen LogP contribution in [0.2, 0.25) is 10.0 Å². The lowest BCUT2D eigenvalue weighted by molar-refractivity contribution is -0.264. The summed E-state index contributed by atoms with van der Waals surface area (Å²) in [5, 5.41) is 10.2. The first kappa shape index (κ1) is 23.2. The first-order chi connectivity index (χ1) is 13.4. The minimum absolute atomic E-state index is 0.0913. The van der Waals surface area contributed by atoms with Crippen LogP contribution in [0.1, 0.15) is 45.2 Å². The Bertz CT molecular complexity index is 924. The van der Waals surface area contributed by atoms with Gasteiger partial charge in [0.2, 0.25) is 0 Å². The number of ether oxygens (including phenoxy) is 1. The van der Waals surface area contributed by atoms with Crippen molar-refractivity contribution < 1.29 is 32.6 Å². The highest BCUT2D eigenvalue weighted by Gasteiger charge is 2.56. The maximum absolute atomic E-state index is 13.7. The number of ketones is 1. The second-order valence-corrected chi connectivity index (χ2v) is 7.24. The van der Waals surface area contributed by atoms with E-state index in [1.165, 1.54) is 31.2 Å². The molecule has 0 aliphatic heterocycles. The average molecular weight is 449 g/mol. The minimum Gasteiger partial charge on any atom is -0.462 e. The second-order valence-electron chi connectivity index (χ2n) is 6.37. The number of carbonyl (C=O) groups is 2. The number of Topliss-reactive ketones (excluding diaryl/α,β-unsaturated/α-hetero) is 1. The van der Waals surface area contributed by atoms with Gasteiger partial charge in [-0.05, 0) is 55.3 Å². The third-order valence-electron chi connectivity index (χ3n) is 4.27. The minimum atomic E-state index is -5.17. The van der Waals surface area contributed by atoms with Crippen molar-refractivity contribution in [3.05, 3.63) is 68.7 Å². The molecule has 1 N–H and O–H groups in total. The van der Waals surface area contributed by atoms with Crippen LogP contribution in [0.25, 0.3) is 0 Å². The van der Waals surface area contributed by atoms with Crippen molar-refractivity contribution in [3.63, 3.8) is 0 Å². The number of esters is 1. The fraction of sp³-hybridized carbons (Fsp3) is 0.300. The van der Waals surface area contributed by atoms with Gasteiger partial charge < -0.3 is 9.84 Å². The van der Waals surface area contributed by atoms with E-state index in [0.29, 0.717) is 5.56 Å². The van der Waals surface area contributed by atoms with E-state index in [4.69, 9.17) is 27.9 Å². The van der Waals surface area contributed by atoms with Crippen LogP contribution in [0, 0.1) is 6.92 Å². The molecule has 4 nitrogen and oxygen atoms in total. The number of carbonyl (C=O) groups excluding carboxylic acids is 2. The fourth-order valence-corrected chi connectivity index (χ4v) is 3.29. The summed E-state index contributed by atoms with van der Waals surface area (Å²) < 4.78 is 46.0. The number of aliphatic hydroxyl groups is 1. The van der Waals surface area contributed by atoms with Crippen molar-refractivity contribution in [3.8, 4) is 0 Å². The van der Waals surface area contributed by atoms with Crippen LogP contribution >= 0.6 is 23.2 Å². The summed E-state index contributed by atoms with van der Waals surface area (Å²) in [5.41, 5.74) is -3.68. The molecule has 1 unspecified atom stereocenters. The molecule has 0 spiro atoms. The molecular formula is C20H17Cl2F3O4. The third kappa shape index (κ3) is 5.10. The van der Waals surface area contributed by atoms with E-state index in [1.807, 2.05) is 0 Å². The number of aryl methyl sites for hydroxylation is 1. The Morgan fingerprint density at radius 1 is 1.07 bits per heavy atom. The van der Waals surface area contributed by atoms with Gasteiger partial charge in [0.05, 0.1) is 18.6 Å². The van der Waals surface area contributed by atoms with E-state index >= 15 is 0 Å². The molecule has 0 aliphatic carbocycles. The molecule has 0 heterocycles. The Hall–Kier alpha value is -2.09. The highest BCUT2D eigenvalue weighted by molar-refractivity contribution is 6.34. The molecule has 0 bridgehead atoms. The third-order valence-corrected chi connectivity index (χ3v) is 4.71. The lowest BCUT2D eigenvalue weighted by Crippen LogP contribution is -2.44. The number of halogens is 5. The number of alkyl halides is 3. The Labute approximate surface area is 175 Å². The smallest absolute Gasteiger partial charge is 0.421 e. The molecule has 2 aromatic carbocycles. The summed E-state index contributed by atoms with van der Waals surface area (Å²) in [5.74, 6) is -1.58. The van der Waals surface area contributed by atoms with E-state index in [1.54, 1.807) is 6.92 Å². The van der Waals surface area contributed by atoms with Crippen molar-refractivity contribution in [1.29, 1.82) is 0 Å². The second kappa shape index (κ2) is 8.73. The molecular weight excluding hydrogens is 432 g/mol. The normalized spacial score (nSPS) is 13.7. The topological polar surface area (TPSA) is 63.6 Å². The van der Waals surface area contributed by atoms with Crippen LogP contribution < -0.4 is 0 Å². The van der Waals surface area contributed by atoms with E-state index in [9.17, 15) is 27.9 Å². The van der Waals surface area contributed by atoms with E-state index in [-0.39, 0.29) is 27.8 Å². The van der Waals surface area contributed by atoms with Gasteiger partial charge in [0.15, 0.2) is 11.4 Å². The molecule has 156 valence electrons. The van der Waals surface area contributed by atoms with Crippen molar-refractivity contribution in [1.82, 2.24) is 0 Å². The van der Waals surface area contributed by atoms with Crippen molar-refractivity contribution in [2.75, 3.05) is 6.61 Å². The summed E-state index contributed by atoms with van der Waals surface area (Å²) in [7, 11) is 0. The summed E-state index contributed by atoms with van der Waals surface area (Å²) >= 11 is 11.5. The maximum Gasteiger partial charge on any atom is 0.421 e. The lowest BCUT2D eigenvalue weighted by Gasteiger charge is -2.30. The average Bonchev–Trinajstić information content (AvgIpc) is 2.59. The molecule has 0 aromatic heterocycles. The molecule has 2 rings (SSSR count). The van der Waals surface area contributed by atoms with Crippen LogP contribution in [0.5, 0.6) is 0 Å². The van der Waals surface area contributed by atoms with Gasteiger partial charge in [-0.2, -0.15) is 13.2 Å². The van der Waals surface area contributed by atoms with Gasteiger partial charge in [0, 0.05) is 15.6 Å².